The monoisotopic (exact) mass is 448 g/mol. The Bertz CT molecular complexity index is 1560. The molecule has 5 aromatic carbocycles. The maximum absolute atomic E-state index is 5.09. The third-order valence-electron chi connectivity index (χ3n) is 5.68. The summed E-state index contributed by atoms with van der Waals surface area (Å²) in [6.45, 7) is 0. The number of hydrogen-bond acceptors (Lipinski definition) is 1. The van der Waals surface area contributed by atoms with Gasteiger partial charge >= 0.3 is 0 Å². The summed E-state index contributed by atoms with van der Waals surface area (Å²) in [4.78, 5) is 5.09. The van der Waals surface area contributed by atoms with Gasteiger partial charge in [-0.3, -0.25) is 4.57 Å². The minimum absolute atomic E-state index is 0.955. The predicted octanol–water partition coefficient (Wildman–Crippen LogP) is 7.76. The van der Waals surface area contributed by atoms with E-state index in [1.165, 1.54) is 21.5 Å². The van der Waals surface area contributed by atoms with Crippen LogP contribution in [-0.2, 0) is 0 Å². The lowest BCUT2D eigenvalue weighted by Crippen LogP contribution is -1.99. The summed E-state index contributed by atoms with van der Waals surface area (Å²) < 4.78 is 3.39. The maximum atomic E-state index is 5.09. The quantitative estimate of drug-likeness (QED) is 0.264. The minimum atomic E-state index is 0.955. The van der Waals surface area contributed by atoms with Gasteiger partial charge in [0.25, 0.3) is 0 Å². The summed E-state index contributed by atoms with van der Waals surface area (Å²) in [6.07, 6.45) is 0. The fourth-order valence-electron chi connectivity index (χ4n) is 4.32. The van der Waals surface area contributed by atoms with Crippen LogP contribution in [0.3, 0.4) is 0 Å². The number of benzene rings is 5. The molecule has 2 nitrogen and oxygen atoms in total. The van der Waals surface area contributed by atoms with E-state index in [1.54, 1.807) is 0 Å². The molecule has 0 N–H and O–H groups in total. The molecule has 1 heterocycles. The van der Waals surface area contributed by atoms with Gasteiger partial charge in [0, 0.05) is 15.4 Å². The highest BCUT2D eigenvalue weighted by Gasteiger charge is 2.17. The first kappa shape index (κ1) is 17.4. The smallest absolute Gasteiger partial charge is 0.146 e. The second-order valence-electron chi connectivity index (χ2n) is 7.40. The van der Waals surface area contributed by atoms with Gasteiger partial charge in [-0.25, -0.2) is 4.98 Å². The van der Waals surface area contributed by atoms with E-state index < -0.39 is 0 Å². The molecule has 6 aromatic rings. The predicted molar refractivity (Wildman–Crippen MR) is 129 cm³/mol. The molecular formula is C27H17BrN2. The van der Waals surface area contributed by atoms with Crippen molar-refractivity contribution < 1.29 is 0 Å². The van der Waals surface area contributed by atoms with Gasteiger partial charge in [0.05, 0.1) is 16.7 Å². The third-order valence-corrected chi connectivity index (χ3v) is 6.37. The molecule has 0 aliphatic rings. The molecule has 3 heteroatoms. The Hall–Kier alpha value is -3.43. The molecule has 0 aliphatic heterocycles. The summed E-state index contributed by atoms with van der Waals surface area (Å²) in [5.41, 5.74) is 4.37. The van der Waals surface area contributed by atoms with Gasteiger partial charge < -0.3 is 0 Å². The van der Waals surface area contributed by atoms with Crippen molar-refractivity contribution in [1.29, 1.82) is 0 Å². The molecule has 0 radical (unpaired) electrons. The van der Waals surface area contributed by atoms with Crippen molar-refractivity contribution >= 4 is 48.5 Å². The largest absolute Gasteiger partial charge is 0.292 e. The average molecular weight is 449 g/mol. The summed E-state index contributed by atoms with van der Waals surface area (Å²) in [5, 5.41) is 4.81. The van der Waals surface area contributed by atoms with E-state index in [2.05, 4.69) is 118 Å². The molecule has 0 bridgehead atoms. The number of imidazole rings is 1. The van der Waals surface area contributed by atoms with E-state index >= 15 is 0 Å². The molecule has 0 saturated carbocycles. The van der Waals surface area contributed by atoms with Crippen molar-refractivity contribution in [3.05, 3.63) is 108 Å². The third kappa shape index (κ3) is 2.59. The summed E-state index contributed by atoms with van der Waals surface area (Å²) in [6, 6.07) is 36.1. The second-order valence-corrected chi connectivity index (χ2v) is 8.25. The van der Waals surface area contributed by atoms with Crippen LogP contribution in [0.25, 0.3) is 49.7 Å². The van der Waals surface area contributed by atoms with E-state index in [4.69, 9.17) is 4.98 Å². The first-order valence-corrected chi connectivity index (χ1v) is 10.7. The lowest BCUT2D eigenvalue weighted by Gasteiger charge is -2.14. The molecule has 142 valence electrons. The zero-order chi connectivity index (χ0) is 20.1. The molecule has 6 rings (SSSR count). The van der Waals surface area contributed by atoms with Crippen LogP contribution in [0.1, 0.15) is 0 Å². The molecule has 30 heavy (non-hydrogen) atoms. The van der Waals surface area contributed by atoms with Crippen LogP contribution >= 0.6 is 15.9 Å². The lowest BCUT2D eigenvalue weighted by atomic mass is 10.0. The average Bonchev–Trinajstić information content (AvgIpc) is 3.18. The van der Waals surface area contributed by atoms with Gasteiger partial charge in [-0.1, -0.05) is 94.8 Å². The molecule has 1 aromatic heterocycles. The zero-order valence-electron chi connectivity index (χ0n) is 16.1. The fraction of sp³-hybridized carbons (Fsp3) is 0. The van der Waals surface area contributed by atoms with Gasteiger partial charge in [0.2, 0.25) is 0 Å². The Labute approximate surface area is 182 Å². The number of hydrogen-bond donors (Lipinski definition) is 0. The Morgan fingerprint density at radius 3 is 2.27 bits per heavy atom. The van der Waals surface area contributed by atoms with Crippen molar-refractivity contribution in [3.63, 3.8) is 0 Å². The minimum Gasteiger partial charge on any atom is -0.292 e. The molecule has 0 amide bonds. The summed E-state index contributed by atoms with van der Waals surface area (Å²) in [7, 11) is 0. The van der Waals surface area contributed by atoms with Crippen molar-refractivity contribution in [3.8, 4) is 17.1 Å². The van der Waals surface area contributed by atoms with E-state index in [9.17, 15) is 0 Å². The highest BCUT2D eigenvalue weighted by Crippen LogP contribution is 2.36. The van der Waals surface area contributed by atoms with Crippen molar-refractivity contribution in [2.24, 2.45) is 0 Å². The molecule has 0 atom stereocenters. The van der Waals surface area contributed by atoms with Crippen molar-refractivity contribution in [2.45, 2.75) is 0 Å². The molecular weight excluding hydrogens is 432 g/mol. The normalized spacial score (nSPS) is 11.5. The highest BCUT2D eigenvalue weighted by molar-refractivity contribution is 9.10. The van der Waals surface area contributed by atoms with Crippen LogP contribution in [0.4, 0.5) is 0 Å². The Morgan fingerprint density at radius 1 is 0.600 bits per heavy atom. The SMILES string of the molecule is Brc1cccc2c(-c3nc4ccccc4n3-c3cccc4ccccc34)cccc12. The van der Waals surface area contributed by atoms with Gasteiger partial charge in [-0.15, -0.1) is 0 Å². The second kappa shape index (κ2) is 6.82. The molecule has 0 saturated heterocycles. The number of para-hydroxylation sites is 2. The zero-order valence-corrected chi connectivity index (χ0v) is 17.7. The molecule has 0 fully saturated rings. The molecule has 0 spiro atoms. The van der Waals surface area contributed by atoms with Gasteiger partial charge in [-0.2, -0.15) is 0 Å². The van der Waals surface area contributed by atoms with Crippen molar-refractivity contribution in [2.75, 3.05) is 0 Å². The number of halogens is 1. The van der Waals surface area contributed by atoms with Gasteiger partial charge in [-0.05, 0) is 40.4 Å². The summed E-state index contributed by atoms with van der Waals surface area (Å²) >= 11 is 3.71. The highest BCUT2D eigenvalue weighted by atomic mass is 79.9. The topological polar surface area (TPSA) is 17.8 Å². The Kier molecular flexibility index (Phi) is 3.96. The summed E-state index contributed by atoms with van der Waals surface area (Å²) in [5.74, 6) is 0.955. The van der Waals surface area contributed by atoms with Crippen LogP contribution in [0.2, 0.25) is 0 Å². The van der Waals surface area contributed by atoms with Crippen LogP contribution in [0.15, 0.2) is 108 Å². The van der Waals surface area contributed by atoms with E-state index in [0.717, 1.165) is 32.6 Å². The molecule has 0 aliphatic carbocycles. The van der Waals surface area contributed by atoms with Crippen molar-refractivity contribution in [1.82, 2.24) is 9.55 Å². The number of nitrogens with zero attached hydrogens (tertiary/aromatic N) is 2. The fourth-order valence-corrected chi connectivity index (χ4v) is 4.82. The van der Waals surface area contributed by atoms with Crippen LogP contribution in [-0.4, -0.2) is 9.55 Å². The van der Waals surface area contributed by atoms with E-state index in [0.29, 0.717) is 0 Å². The van der Waals surface area contributed by atoms with Crippen LogP contribution in [0.5, 0.6) is 0 Å². The number of aromatic nitrogens is 2. The van der Waals surface area contributed by atoms with Gasteiger partial charge in [0.1, 0.15) is 5.82 Å². The van der Waals surface area contributed by atoms with Crippen LogP contribution < -0.4 is 0 Å². The lowest BCUT2D eigenvalue weighted by molar-refractivity contribution is 1.12. The molecule has 0 unspecified atom stereocenters. The number of fused-ring (bicyclic) bond motifs is 3. The van der Waals surface area contributed by atoms with Crippen LogP contribution in [0, 0.1) is 0 Å². The Morgan fingerprint density at radius 2 is 1.30 bits per heavy atom. The Balaban J connectivity index is 1.77. The van der Waals surface area contributed by atoms with Gasteiger partial charge in [0.15, 0.2) is 0 Å². The van der Waals surface area contributed by atoms with E-state index in [1.807, 2.05) is 6.07 Å². The standard InChI is InChI=1S/C27H17BrN2/c28-23-14-7-11-20-21(23)12-6-13-22(20)27-29-24-15-3-4-16-26(24)30(27)25-17-5-9-18-8-1-2-10-19(18)25/h1-17H. The number of rotatable bonds is 2. The maximum Gasteiger partial charge on any atom is 0.146 e. The first-order chi connectivity index (χ1) is 14.8. The van der Waals surface area contributed by atoms with E-state index in [-0.39, 0.29) is 0 Å². The first-order valence-electron chi connectivity index (χ1n) is 9.94.